The second-order valence-corrected chi connectivity index (χ2v) is 11.8. The summed E-state index contributed by atoms with van der Waals surface area (Å²) in [6.45, 7) is 0.525. The van der Waals surface area contributed by atoms with Crippen molar-refractivity contribution in [2.45, 2.75) is 95.2 Å². The highest BCUT2D eigenvalue weighted by molar-refractivity contribution is 7.22. The first-order valence-electron chi connectivity index (χ1n) is 13.5. The standard InChI is InChI=1S/C28H32FN3O4S/c29-22-13-19(27(33)34)14-23-25(22)31-28(37-23)30-11-10-20(12-16-4-3-5-16)35-15-21-24(17-6-1-2-7-17)32-36-26(21)18-8-9-18/h11,13-14,16-18,20H,1-10,12,15H2,(H,33,34). The van der Waals surface area contributed by atoms with Gasteiger partial charge in [0.1, 0.15) is 11.3 Å². The summed E-state index contributed by atoms with van der Waals surface area (Å²) >= 11 is 1.19. The zero-order chi connectivity index (χ0) is 25.4. The molecule has 196 valence electrons. The minimum atomic E-state index is -1.16. The molecule has 1 N–H and O–H groups in total. The molecule has 3 saturated carbocycles. The van der Waals surface area contributed by atoms with Crippen LogP contribution in [0.3, 0.4) is 0 Å². The van der Waals surface area contributed by atoms with Gasteiger partial charge in [-0.25, -0.2) is 19.2 Å². The zero-order valence-electron chi connectivity index (χ0n) is 20.8. The average molecular weight is 526 g/mol. The van der Waals surface area contributed by atoms with E-state index in [4.69, 9.17) is 9.26 Å². The van der Waals surface area contributed by atoms with Crippen molar-refractivity contribution in [2.75, 3.05) is 0 Å². The van der Waals surface area contributed by atoms with Crippen LogP contribution in [0.5, 0.6) is 0 Å². The van der Waals surface area contributed by atoms with Gasteiger partial charge in [0.15, 0.2) is 5.82 Å². The van der Waals surface area contributed by atoms with Crippen molar-refractivity contribution in [3.63, 3.8) is 0 Å². The number of rotatable bonds is 11. The van der Waals surface area contributed by atoms with Crippen LogP contribution in [0.4, 0.5) is 9.52 Å². The van der Waals surface area contributed by atoms with Crippen molar-refractivity contribution < 1.29 is 23.6 Å². The molecule has 1 atom stereocenters. The molecule has 2 aromatic heterocycles. The van der Waals surface area contributed by atoms with Crippen LogP contribution in [0.15, 0.2) is 21.6 Å². The molecule has 0 saturated heterocycles. The van der Waals surface area contributed by atoms with E-state index in [1.54, 1.807) is 0 Å². The fraction of sp³-hybridized carbons (Fsp3) is 0.571. The van der Waals surface area contributed by atoms with Crippen LogP contribution in [0, 0.1) is 11.7 Å². The second-order valence-electron chi connectivity index (χ2n) is 10.8. The molecule has 0 amide bonds. The van der Waals surface area contributed by atoms with E-state index in [-0.39, 0.29) is 17.2 Å². The van der Waals surface area contributed by atoms with E-state index in [0.29, 0.717) is 40.6 Å². The first kappa shape index (κ1) is 24.7. The molecule has 37 heavy (non-hydrogen) atoms. The number of hydrogen-bond donors (Lipinski definition) is 1. The van der Waals surface area contributed by atoms with E-state index in [1.165, 1.54) is 80.8 Å². The fourth-order valence-electron chi connectivity index (χ4n) is 5.60. The Hall–Kier alpha value is -2.65. The SMILES string of the molecule is O=C(O)c1cc(F)c2nc(N=CCC(CC3CCC3)OCc3c(C4CCCC4)noc3C3CC3)sc2c1. The van der Waals surface area contributed by atoms with Crippen LogP contribution in [-0.4, -0.2) is 33.5 Å². The third kappa shape index (κ3) is 5.48. The lowest BCUT2D eigenvalue weighted by molar-refractivity contribution is 0.0195. The molecule has 7 nitrogen and oxygen atoms in total. The van der Waals surface area contributed by atoms with Crippen molar-refractivity contribution in [3.05, 3.63) is 40.5 Å². The lowest BCUT2D eigenvalue weighted by Crippen LogP contribution is -2.22. The maximum Gasteiger partial charge on any atom is 0.335 e. The Morgan fingerprint density at radius 3 is 2.70 bits per heavy atom. The highest BCUT2D eigenvalue weighted by Gasteiger charge is 2.35. The molecule has 3 aliphatic rings. The number of fused-ring (bicyclic) bond motifs is 1. The Kier molecular flexibility index (Phi) is 7.08. The minimum Gasteiger partial charge on any atom is -0.478 e. The molecule has 1 aromatic carbocycles. The average Bonchev–Trinajstić information content (AvgIpc) is 3.22. The number of hydrogen-bond acceptors (Lipinski definition) is 7. The highest BCUT2D eigenvalue weighted by Crippen LogP contribution is 2.45. The number of carboxylic acid groups (broad SMARTS) is 1. The number of thiazole rings is 1. The molecule has 0 bridgehead atoms. The summed E-state index contributed by atoms with van der Waals surface area (Å²) in [6.07, 6.45) is 14.4. The molecule has 0 radical (unpaired) electrons. The summed E-state index contributed by atoms with van der Waals surface area (Å²) in [5.74, 6) is 0.900. The Morgan fingerprint density at radius 1 is 1.19 bits per heavy atom. The number of carbonyl (C=O) groups is 1. The normalized spacial score (nSPS) is 19.7. The largest absolute Gasteiger partial charge is 0.478 e. The number of aliphatic imine (C=N–C) groups is 1. The minimum absolute atomic E-state index is 0.0251. The maximum absolute atomic E-state index is 14.3. The van der Waals surface area contributed by atoms with Crippen molar-refractivity contribution in [1.29, 1.82) is 0 Å². The number of nitrogens with zero attached hydrogens (tertiary/aromatic N) is 3. The summed E-state index contributed by atoms with van der Waals surface area (Å²) in [5.41, 5.74) is 2.37. The molecular weight excluding hydrogens is 493 g/mol. The zero-order valence-corrected chi connectivity index (χ0v) is 21.6. The number of carboxylic acids is 1. The molecule has 0 spiro atoms. The van der Waals surface area contributed by atoms with E-state index in [1.807, 2.05) is 6.21 Å². The first-order chi connectivity index (χ1) is 18.0. The molecule has 6 rings (SSSR count). The van der Waals surface area contributed by atoms with E-state index >= 15 is 0 Å². The smallest absolute Gasteiger partial charge is 0.335 e. The number of ether oxygens (including phenoxy) is 1. The van der Waals surface area contributed by atoms with E-state index < -0.39 is 11.8 Å². The Morgan fingerprint density at radius 2 is 2.00 bits per heavy atom. The fourth-order valence-corrected chi connectivity index (χ4v) is 6.49. The van der Waals surface area contributed by atoms with Crippen molar-refractivity contribution in [3.8, 4) is 0 Å². The van der Waals surface area contributed by atoms with Crippen molar-refractivity contribution >= 4 is 38.9 Å². The van der Waals surface area contributed by atoms with E-state index in [9.17, 15) is 14.3 Å². The molecule has 2 heterocycles. The van der Waals surface area contributed by atoms with Crippen molar-refractivity contribution in [2.24, 2.45) is 10.9 Å². The number of aromatic carboxylic acids is 1. The predicted molar refractivity (Wildman–Crippen MR) is 140 cm³/mol. The van der Waals surface area contributed by atoms with Crippen LogP contribution < -0.4 is 0 Å². The molecule has 1 unspecified atom stereocenters. The lowest BCUT2D eigenvalue weighted by atomic mass is 9.81. The summed E-state index contributed by atoms with van der Waals surface area (Å²) in [4.78, 5) is 20.0. The Balaban J connectivity index is 1.16. The third-order valence-electron chi connectivity index (χ3n) is 8.08. The van der Waals surface area contributed by atoms with Gasteiger partial charge in [0.05, 0.1) is 28.7 Å². The first-order valence-corrected chi connectivity index (χ1v) is 14.3. The number of halogens is 1. The topological polar surface area (TPSA) is 97.8 Å². The molecule has 3 fully saturated rings. The predicted octanol–water partition coefficient (Wildman–Crippen LogP) is 7.52. The Bertz CT molecular complexity index is 1300. The van der Waals surface area contributed by atoms with E-state index in [2.05, 4.69) is 15.1 Å². The van der Waals surface area contributed by atoms with Gasteiger partial charge in [-0.05, 0) is 50.2 Å². The summed E-state index contributed by atoms with van der Waals surface area (Å²) in [7, 11) is 0. The summed E-state index contributed by atoms with van der Waals surface area (Å²) < 4.78 is 27.2. The van der Waals surface area contributed by atoms with Gasteiger partial charge < -0.3 is 14.4 Å². The quantitative estimate of drug-likeness (QED) is 0.260. The van der Waals surface area contributed by atoms with Gasteiger partial charge in [-0.1, -0.05) is 48.6 Å². The summed E-state index contributed by atoms with van der Waals surface area (Å²) in [6, 6.07) is 2.44. The van der Waals surface area contributed by atoms with E-state index in [0.717, 1.165) is 23.9 Å². The number of benzene rings is 1. The molecular formula is C28H32FN3O4S. The highest BCUT2D eigenvalue weighted by atomic mass is 32.1. The van der Waals surface area contributed by atoms with Crippen LogP contribution >= 0.6 is 11.3 Å². The molecule has 3 aromatic rings. The van der Waals surface area contributed by atoms with Gasteiger partial charge in [0.25, 0.3) is 0 Å². The van der Waals surface area contributed by atoms with Gasteiger partial charge in [0.2, 0.25) is 5.13 Å². The lowest BCUT2D eigenvalue weighted by Gasteiger charge is -2.29. The van der Waals surface area contributed by atoms with Gasteiger partial charge in [0, 0.05) is 30.0 Å². The monoisotopic (exact) mass is 525 g/mol. The van der Waals surface area contributed by atoms with Crippen LogP contribution in [0.1, 0.15) is 110 Å². The van der Waals surface area contributed by atoms with Gasteiger partial charge in [-0.3, -0.25) is 0 Å². The van der Waals surface area contributed by atoms with Gasteiger partial charge in [-0.2, -0.15) is 0 Å². The van der Waals surface area contributed by atoms with Crippen LogP contribution in [0.2, 0.25) is 0 Å². The van der Waals surface area contributed by atoms with Gasteiger partial charge in [-0.15, -0.1) is 0 Å². The molecule has 3 aliphatic carbocycles. The van der Waals surface area contributed by atoms with Crippen LogP contribution in [0.25, 0.3) is 10.2 Å². The third-order valence-corrected chi connectivity index (χ3v) is 8.99. The maximum atomic E-state index is 14.3. The Labute approximate surface area is 219 Å². The summed E-state index contributed by atoms with van der Waals surface area (Å²) in [5, 5.41) is 14.1. The second kappa shape index (κ2) is 10.6. The van der Waals surface area contributed by atoms with Crippen LogP contribution in [-0.2, 0) is 11.3 Å². The van der Waals surface area contributed by atoms with Gasteiger partial charge >= 0.3 is 5.97 Å². The molecule has 0 aliphatic heterocycles. The van der Waals surface area contributed by atoms with Crippen molar-refractivity contribution in [1.82, 2.24) is 10.1 Å². The number of aromatic nitrogens is 2. The molecule has 9 heteroatoms.